The summed E-state index contributed by atoms with van der Waals surface area (Å²) in [6.07, 6.45) is 8.61. The lowest BCUT2D eigenvalue weighted by Gasteiger charge is -2.03. The van der Waals surface area contributed by atoms with Crippen LogP contribution in [0.25, 0.3) is 0 Å². The Bertz CT molecular complexity index is 360. The Morgan fingerprint density at radius 1 is 1.11 bits per heavy atom. The fraction of sp³-hybridized carbons (Fsp3) is 0.562. The summed E-state index contributed by atoms with van der Waals surface area (Å²) in [7, 11) is 0. The number of anilines is 1. The van der Waals surface area contributed by atoms with Gasteiger partial charge in [-0.15, -0.1) is 0 Å². The maximum atomic E-state index is 11.8. The number of hydrogen-bond acceptors (Lipinski definition) is 2. The average molecular weight is 247 g/mol. The summed E-state index contributed by atoms with van der Waals surface area (Å²) >= 11 is 0. The van der Waals surface area contributed by atoms with E-state index in [0.717, 1.165) is 17.7 Å². The number of nitrogens with two attached hydrogens (primary N) is 1. The van der Waals surface area contributed by atoms with Gasteiger partial charge in [-0.25, -0.2) is 0 Å². The predicted molar refractivity (Wildman–Crippen MR) is 77.6 cm³/mol. The molecule has 0 spiro atoms. The minimum Gasteiger partial charge on any atom is -0.399 e. The van der Waals surface area contributed by atoms with E-state index in [9.17, 15) is 4.79 Å². The third-order valence-electron chi connectivity index (χ3n) is 3.16. The molecule has 0 saturated heterocycles. The van der Waals surface area contributed by atoms with E-state index in [1.165, 1.54) is 32.1 Å². The van der Waals surface area contributed by atoms with Crippen LogP contribution < -0.4 is 5.73 Å². The van der Waals surface area contributed by atoms with Crippen LogP contribution in [0.2, 0.25) is 0 Å². The molecule has 0 radical (unpaired) electrons. The summed E-state index contributed by atoms with van der Waals surface area (Å²) in [5.74, 6) is 0.330. The summed E-state index contributed by atoms with van der Waals surface area (Å²) in [5.41, 5.74) is 7.46. The highest BCUT2D eigenvalue weighted by atomic mass is 16.1. The highest BCUT2D eigenvalue weighted by molar-refractivity contribution is 5.81. The lowest BCUT2D eigenvalue weighted by molar-refractivity contribution is -0.118. The smallest absolute Gasteiger partial charge is 0.137 e. The van der Waals surface area contributed by atoms with E-state index in [1.807, 2.05) is 24.3 Å². The third-order valence-corrected chi connectivity index (χ3v) is 3.16. The Labute approximate surface area is 111 Å². The molecule has 2 heteroatoms. The SMILES string of the molecule is CCCCCCCCC(=O)Cc1cccc(N)c1. The summed E-state index contributed by atoms with van der Waals surface area (Å²) in [6.45, 7) is 2.22. The Kier molecular flexibility index (Phi) is 7.16. The molecule has 1 aromatic rings. The minimum atomic E-state index is 0.330. The van der Waals surface area contributed by atoms with Crippen molar-refractivity contribution < 1.29 is 4.79 Å². The highest BCUT2D eigenvalue weighted by Gasteiger charge is 2.03. The number of nitrogen functional groups attached to an aromatic ring is 1. The van der Waals surface area contributed by atoms with Gasteiger partial charge in [0, 0.05) is 18.5 Å². The molecule has 1 aromatic carbocycles. The second-order valence-electron chi connectivity index (χ2n) is 4.98. The molecule has 0 saturated carbocycles. The first-order chi connectivity index (χ1) is 8.72. The van der Waals surface area contributed by atoms with Crippen molar-refractivity contribution in [3.8, 4) is 0 Å². The number of ketones is 1. The average Bonchev–Trinajstić information content (AvgIpc) is 2.33. The quantitative estimate of drug-likeness (QED) is 0.526. The van der Waals surface area contributed by atoms with E-state index in [2.05, 4.69) is 6.92 Å². The van der Waals surface area contributed by atoms with Crippen molar-refractivity contribution in [3.05, 3.63) is 29.8 Å². The first-order valence-electron chi connectivity index (χ1n) is 7.08. The molecule has 1 rings (SSSR count). The number of carbonyl (C=O) groups is 1. The fourth-order valence-electron chi connectivity index (χ4n) is 2.12. The molecule has 0 aliphatic carbocycles. The van der Waals surface area contributed by atoms with Gasteiger partial charge in [0.1, 0.15) is 5.78 Å². The van der Waals surface area contributed by atoms with Crippen LogP contribution >= 0.6 is 0 Å². The van der Waals surface area contributed by atoms with Crippen LogP contribution in [-0.4, -0.2) is 5.78 Å². The standard InChI is InChI=1S/C16H25NO/c1-2-3-4-5-6-7-11-16(18)13-14-9-8-10-15(17)12-14/h8-10,12H,2-7,11,13,17H2,1H3. The molecule has 0 heterocycles. The first kappa shape index (κ1) is 14.7. The van der Waals surface area contributed by atoms with Gasteiger partial charge in [0.2, 0.25) is 0 Å². The summed E-state index contributed by atoms with van der Waals surface area (Å²) in [6, 6.07) is 7.61. The summed E-state index contributed by atoms with van der Waals surface area (Å²) in [5, 5.41) is 0. The third kappa shape index (κ3) is 6.43. The van der Waals surface area contributed by atoms with Crippen molar-refractivity contribution >= 4 is 11.5 Å². The zero-order valence-corrected chi connectivity index (χ0v) is 11.5. The molecule has 0 aliphatic rings. The Morgan fingerprint density at radius 3 is 2.56 bits per heavy atom. The molecular weight excluding hydrogens is 222 g/mol. The van der Waals surface area contributed by atoms with Crippen LogP contribution in [0.1, 0.15) is 57.4 Å². The molecule has 2 N–H and O–H groups in total. The summed E-state index contributed by atoms with van der Waals surface area (Å²) in [4.78, 5) is 11.8. The van der Waals surface area contributed by atoms with Crippen LogP contribution in [0, 0.1) is 0 Å². The van der Waals surface area contributed by atoms with Crippen LogP contribution in [0.5, 0.6) is 0 Å². The van der Waals surface area contributed by atoms with Gasteiger partial charge in [-0.2, -0.15) is 0 Å². The number of hydrogen-bond donors (Lipinski definition) is 1. The van der Waals surface area contributed by atoms with E-state index in [4.69, 9.17) is 5.73 Å². The Morgan fingerprint density at radius 2 is 1.83 bits per heavy atom. The topological polar surface area (TPSA) is 43.1 Å². The number of benzene rings is 1. The van der Waals surface area contributed by atoms with E-state index in [1.54, 1.807) is 0 Å². The van der Waals surface area contributed by atoms with Gasteiger partial charge in [0.05, 0.1) is 0 Å². The largest absolute Gasteiger partial charge is 0.399 e. The van der Waals surface area contributed by atoms with E-state index in [0.29, 0.717) is 18.6 Å². The number of rotatable bonds is 9. The lowest BCUT2D eigenvalue weighted by atomic mass is 10.0. The maximum absolute atomic E-state index is 11.8. The number of Topliss-reactive ketones (excluding diaryl/α,β-unsaturated/α-hetero) is 1. The zero-order chi connectivity index (χ0) is 13.2. The monoisotopic (exact) mass is 247 g/mol. The van der Waals surface area contributed by atoms with Gasteiger partial charge in [-0.3, -0.25) is 4.79 Å². The van der Waals surface area contributed by atoms with Crippen molar-refractivity contribution in [1.29, 1.82) is 0 Å². The fourth-order valence-corrected chi connectivity index (χ4v) is 2.12. The molecule has 18 heavy (non-hydrogen) atoms. The van der Waals surface area contributed by atoms with Gasteiger partial charge in [-0.05, 0) is 24.1 Å². The van der Waals surface area contributed by atoms with E-state index < -0.39 is 0 Å². The van der Waals surface area contributed by atoms with Gasteiger partial charge in [-0.1, -0.05) is 51.2 Å². The second kappa shape index (κ2) is 8.73. The first-order valence-corrected chi connectivity index (χ1v) is 7.08. The van der Waals surface area contributed by atoms with Crippen molar-refractivity contribution in [3.63, 3.8) is 0 Å². The summed E-state index contributed by atoms with van der Waals surface area (Å²) < 4.78 is 0. The van der Waals surface area contributed by atoms with Crippen molar-refractivity contribution in [2.45, 2.75) is 58.3 Å². The number of unbranched alkanes of at least 4 members (excludes halogenated alkanes) is 5. The van der Waals surface area contributed by atoms with Gasteiger partial charge in [0.15, 0.2) is 0 Å². The van der Waals surface area contributed by atoms with Crippen LogP contribution in [-0.2, 0) is 11.2 Å². The molecule has 0 fully saturated rings. The van der Waals surface area contributed by atoms with Gasteiger partial charge < -0.3 is 5.73 Å². The maximum Gasteiger partial charge on any atom is 0.137 e. The lowest BCUT2D eigenvalue weighted by Crippen LogP contribution is -2.02. The van der Waals surface area contributed by atoms with Gasteiger partial charge >= 0.3 is 0 Å². The van der Waals surface area contributed by atoms with Crippen molar-refractivity contribution in [2.24, 2.45) is 0 Å². The Balaban J connectivity index is 2.14. The molecule has 0 aromatic heterocycles. The van der Waals surface area contributed by atoms with Crippen LogP contribution in [0.3, 0.4) is 0 Å². The Hall–Kier alpha value is -1.31. The van der Waals surface area contributed by atoms with Crippen molar-refractivity contribution in [2.75, 3.05) is 5.73 Å². The van der Waals surface area contributed by atoms with E-state index in [-0.39, 0.29) is 0 Å². The van der Waals surface area contributed by atoms with E-state index >= 15 is 0 Å². The molecule has 0 bridgehead atoms. The highest BCUT2D eigenvalue weighted by Crippen LogP contribution is 2.11. The van der Waals surface area contributed by atoms with Gasteiger partial charge in [0.25, 0.3) is 0 Å². The molecule has 100 valence electrons. The number of carbonyl (C=O) groups excluding carboxylic acids is 1. The normalized spacial score (nSPS) is 10.5. The predicted octanol–water partition coefficient (Wildman–Crippen LogP) is 4.13. The minimum absolute atomic E-state index is 0.330. The van der Waals surface area contributed by atoms with Crippen LogP contribution in [0.4, 0.5) is 5.69 Å². The molecule has 0 atom stereocenters. The molecule has 0 aliphatic heterocycles. The van der Waals surface area contributed by atoms with Crippen LogP contribution in [0.15, 0.2) is 24.3 Å². The molecule has 2 nitrogen and oxygen atoms in total. The molecule has 0 unspecified atom stereocenters. The molecular formula is C16H25NO. The van der Waals surface area contributed by atoms with Crippen molar-refractivity contribution in [1.82, 2.24) is 0 Å². The second-order valence-corrected chi connectivity index (χ2v) is 4.98. The zero-order valence-electron chi connectivity index (χ0n) is 11.5. The molecule has 0 amide bonds.